The predicted molar refractivity (Wildman–Crippen MR) is 73.1 cm³/mol. The third-order valence-corrected chi connectivity index (χ3v) is 5.61. The number of rotatable bonds is 3. The van der Waals surface area contributed by atoms with E-state index in [0.717, 1.165) is 19.3 Å². The zero-order valence-electron chi connectivity index (χ0n) is 10.3. The highest BCUT2D eigenvalue weighted by Gasteiger charge is 2.35. The Hall–Kier alpha value is -0.780. The number of halogens is 1. The molecule has 0 saturated carbocycles. The predicted octanol–water partition coefficient (Wildman–Crippen LogP) is 2.49. The lowest BCUT2D eigenvalue weighted by atomic mass is 10.2. The number of anilines is 1. The van der Waals surface area contributed by atoms with Gasteiger partial charge in [-0.3, -0.25) is 0 Å². The van der Waals surface area contributed by atoms with Gasteiger partial charge in [0.25, 0.3) is 0 Å². The second kappa shape index (κ2) is 5.07. The summed E-state index contributed by atoms with van der Waals surface area (Å²) in [5, 5.41) is 0.444. The molecule has 0 spiro atoms. The summed E-state index contributed by atoms with van der Waals surface area (Å²) in [6.07, 6.45) is 2.65. The molecule has 0 radical (unpaired) electrons. The van der Waals surface area contributed by atoms with E-state index in [1.165, 1.54) is 12.1 Å². The average Bonchev–Trinajstić information content (AvgIpc) is 2.76. The Morgan fingerprint density at radius 1 is 1.50 bits per heavy atom. The van der Waals surface area contributed by atoms with Crippen LogP contribution in [0.4, 0.5) is 5.69 Å². The number of nitrogens with zero attached hydrogens (tertiary/aromatic N) is 1. The van der Waals surface area contributed by atoms with Crippen LogP contribution in [0.1, 0.15) is 26.2 Å². The number of benzene rings is 1. The minimum Gasteiger partial charge on any atom is -0.398 e. The summed E-state index contributed by atoms with van der Waals surface area (Å²) in [4.78, 5) is 0.159. The lowest BCUT2D eigenvalue weighted by Gasteiger charge is -2.23. The van der Waals surface area contributed by atoms with Crippen molar-refractivity contribution >= 4 is 27.3 Å². The van der Waals surface area contributed by atoms with Crippen LogP contribution in [-0.4, -0.2) is 25.3 Å². The first-order valence-electron chi connectivity index (χ1n) is 6.03. The van der Waals surface area contributed by atoms with Crippen molar-refractivity contribution in [2.75, 3.05) is 12.3 Å². The van der Waals surface area contributed by atoms with Gasteiger partial charge in [-0.1, -0.05) is 18.5 Å². The van der Waals surface area contributed by atoms with Crippen LogP contribution < -0.4 is 5.73 Å². The van der Waals surface area contributed by atoms with E-state index in [1.54, 1.807) is 10.4 Å². The molecule has 4 nitrogen and oxygen atoms in total. The second-order valence-electron chi connectivity index (χ2n) is 4.50. The van der Waals surface area contributed by atoms with E-state index < -0.39 is 10.0 Å². The van der Waals surface area contributed by atoms with Crippen LogP contribution in [0.5, 0.6) is 0 Å². The zero-order valence-corrected chi connectivity index (χ0v) is 11.8. The molecule has 6 heteroatoms. The third kappa shape index (κ3) is 2.35. The Bertz CT molecular complexity index is 545. The minimum atomic E-state index is -3.50. The van der Waals surface area contributed by atoms with E-state index in [-0.39, 0.29) is 16.6 Å². The van der Waals surface area contributed by atoms with E-state index in [0.29, 0.717) is 11.6 Å². The molecule has 1 aromatic rings. The molecule has 100 valence electrons. The van der Waals surface area contributed by atoms with Gasteiger partial charge in [0.05, 0.1) is 5.69 Å². The maximum Gasteiger partial charge on any atom is 0.245 e. The fourth-order valence-corrected chi connectivity index (χ4v) is 4.46. The van der Waals surface area contributed by atoms with E-state index in [4.69, 9.17) is 17.3 Å². The highest BCUT2D eigenvalue weighted by atomic mass is 35.5. The first kappa shape index (κ1) is 13.6. The van der Waals surface area contributed by atoms with Gasteiger partial charge in [0, 0.05) is 17.6 Å². The van der Waals surface area contributed by atoms with Gasteiger partial charge in [0.2, 0.25) is 10.0 Å². The molecule has 1 atom stereocenters. The number of hydrogen-bond acceptors (Lipinski definition) is 3. The van der Waals surface area contributed by atoms with Crippen LogP contribution in [0.25, 0.3) is 0 Å². The summed E-state index contributed by atoms with van der Waals surface area (Å²) in [5.41, 5.74) is 5.98. The van der Waals surface area contributed by atoms with Gasteiger partial charge in [-0.25, -0.2) is 8.42 Å². The summed E-state index contributed by atoms with van der Waals surface area (Å²) in [6, 6.07) is 4.61. The number of sulfonamides is 1. The fraction of sp³-hybridized carbons (Fsp3) is 0.500. The molecule has 0 aromatic heterocycles. The van der Waals surface area contributed by atoms with Crippen LogP contribution in [0, 0.1) is 0 Å². The zero-order chi connectivity index (χ0) is 13.3. The van der Waals surface area contributed by atoms with Crippen LogP contribution in [0.3, 0.4) is 0 Å². The van der Waals surface area contributed by atoms with Crippen LogP contribution >= 0.6 is 11.6 Å². The van der Waals surface area contributed by atoms with Crippen molar-refractivity contribution in [3.63, 3.8) is 0 Å². The Morgan fingerprint density at radius 3 is 2.83 bits per heavy atom. The van der Waals surface area contributed by atoms with E-state index in [9.17, 15) is 8.42 Å². The fourth-order valence-electron chi connectivity index (χ4n) is 2.41. The van der Waals surface area contributed by atoms with Gasteiger partial charge >= 0.3 is 0 Å². The molecule has 2 rings (SSSR count). The molecule has 1 aliphatic rings. The monoisotopic (exact) mass is 288 g/mol. The number of nitrogen functional groups attached to an aromatic ring is 1. The first-order valence-corrected chi connectivity index (χ1v) is 7.85. The lowest BCUT2D eigenvalue weighted by Crippen LogP contribution is -2.35. The molecule has 18 heavy (non-hydrogen) atoms. The van der Waals surface area contributed by atoms with Crippen molar-refractivity contribution in [1.29, 1.82) is 0 Å². The molecule has 0 amide bonds. The number of nitrogens with two attached hydrogens (primary N) is 1. The molecular weight excluding hydrogens is 272 g/mol. The van der Waals surface area contributed by atoms with E-state index in [2.05, 4.69) is 0 Å². The van der Waals surface area contributed by atoms with Crippen molar-refractivity contribution in [2.45, 2.75) is 37.1 Å². The molecule has 1 fully saturated rings. The van der Waals surface area contributed by atoms with Crippen LogP contribution in [0.2, 0.25) is 5.02 Å². The largest absolute Gasteiger partial charge is 0.398 e. The van der Waals surface area contributed by atoms with Crippen molar-refractivity contribution in [3.8, 4) is 0 Å². The standard InChI is InChI=1S/C12H17ClN2O2S/c1-2-10-4-3-7-15(10)18(16,17)12-6-5-9(13)8-11(12)14/h5-6,8,10H,2-4,7,14H2,1H3. The van der Waals surface area contributed by atoms with Gasteiger partial charge < -0.3 is 5.73 Å². The minimum absolute atomic E-state index is 0.0880. The van der Waals surface area contributed by atoms with Crippen molar-refractivity contribution < 1.29 is 8.42 Å². The molecule has 0 bridgehead atoms. The lowest BCUT2D eigenvalue weighted by molar-refractivity contribution is 0.380. The summed E-state index contributed by atoms with van der Waals surface area (Å²) >= 11 is 5.79. The SMILES string of the molecule is CCC1CCCN1S(=O)(=O)c1ccc(Cl)cc1N. The Kier molecular flexibility index (Phi) is 3.84. The summed E-state index contributed by atoms with van der Waals surface area (Å²) in [5.74, 6) is 0. The Morgan fingerprint density at radius 2 is 2.22 bits per heavy atom. The second-order valence-corrected chi connectivity index (χ2v) is 6.80. The maximum absolute atomic E-state index is 12.5. The molecular formula is C12H17ClN2O2S. The quantitative estimate of drug-likeness (QED) is 0.869. The normalized spacial score (nSPS) is 21.3. The molecule has 0 aliphatic carbocycles. The van der Waals surface area contributed by atoms with Crippen molar-refractivity contribution in [3.05, 3.63) is 23.2 Å². The van der Waals surface area contributed by atoms with Gasteiger partial charge in [-0.2, -0.15) is 4.31 Å². The van der Waals surface area contributed by atoms with E-state index in [1.807, 2.05) is 6.92 Å². The molecule has 1 heterocycles. The van der Waals surface area contributed by atoms with Gasteiger partial charge in [-0.15, -0.1) is 0 Å². The average molecular weight is 289 g/mol. The van der Waals surface area contributed by atoms with Crippen LogP contribution in [-0.2, 0) is 10.0 Å². The van der Waals surface area contributed by atoms with Gasteiger partial charge in [-0.05, 0) is 37.5 Å². The molecule has 1 aliphatic heterocycles. The highest BCUT2D eigenvalue weighted by molar-refractivity contribution is 7.89. The molecule has 1 aromatic carbocycles. The third-order valence-electron chi connectivity index (χ3n) is 3.35. The van der Waals surface area contributed by atoms with Gasteiger partial charge in [0.1, 0.15) is 4.90 Å². The topological polar surface area (TPSA) is 63.4 Å². The smallest absolute Gasteiger partial charge is 0.245 e. The maximum atomic E-state index is 12.5. The van der Waals surface area contributed by atoms with Crippen molar-refractivity contribution in [2.24, 2.45) is 0 Å². The summed E-state index contributed by atoms with van der Waals surface area (Å²) in [6.45, 7) is 2.58. The van der Waals surface area contributed by atoms with Gasteiger partial charge in [0.15, 0.2) is 0 Å². The molecule has 1 unspecified atom stereocenters. The molecule has 1 saturated heterocycles. The number of hydrogen-bond donors (Lipinski definition) is 1. The Labute approximate surface area is 113 Å². The molecule has 2 N–H and O–H groups in total. The highest BCUT2D eigenvalue weighted by Crippen LogP contribution is 2.31. The first-order chi connectivity index (χ1) is 8.46. The summed E-state index contributed by atoms with van der Waals surface area (Å²) in [7, 11) is -3.50. The van der Waals surface area contributed by atoms with Crippen molar-refractivity contribution in [1.82, 2.24) is 4.31 Å². The Balaban J connectivity index is 2.42. The summed E-state index contributed by atoms with van der Waals surface area (Å²) < 4.78 is 26.6. The van der Waals surface area contributed by atoms with E-state index >= 15 is 0 Å². The van der Waals surface area contributed by atoms with Crippen LogP contribution in [0.15, 0.2) is 23.1 Å².